The van der Waals surface area contributed by atoms with Gasteiger partial charge in [-0.15, -0.1) is 0 Å². The van der Waals surface area contributed by atoms with Crippen molar-refractivity contribution in [2.24, 2.45) is 0 Å². The first-order chi connectivity index (χ1) is 8.58. The Morgan fingerprint density at radius 2 is 2.22 bits per heavy atom. The van der Waals surface area contributed by atoms with Crippen molar-refractivity contribution in [2.45, 2.75) is 19.9 Å². The maximum Gasteiger partial charge on any atom is 0.234 e. The number of amides is 1. The summed E-state index contributed by atoms with van der Waals surface area (Å²) in [6, 6.07) is 4.42. The predicted molar refractivity (Wildman–Crippen MR) is 68.1 cm³/mol. The van der Waals surface area contributed by atoms with Crippen LogP contribution in [0.3, 0.4) is 0 Å². The van der Waals surface area contributed by atoms with Gasteiger partial charge in [-0.3, -0.25) is 4.79 Å². The third-order valence-corrected chi connectivity index (χ3v) is 2.59. The molecule has 1 amide bonds. The van der Waals surface area contributed by atoms with Crippen LogP contribution in [0.2, 0.25) is 0 Å². The van der Waals surface area contributed by atoms with Gasteiger partial charge >= 0.3 is 0 Å². The lowest BCUT2D eigenvalue weighted by Crippen LogP contribution is -2.35. The zero-order valence-electron chi connectivity index (χ0n) is 10.9. The third-order valence-electron chi connectivity index (χ3n) is 2.59. The molecule has 2 N–H and O–H groups in total. The number of rotatable bonds is 6. The Bertz CT molecular complexity index is 410. The number of methoxy groups -OCH3 is 1. The second-order valence-electron chi connectivity index (χ2n) is 3.96. The number of ether oxygens (including phenoxy) is 1. The van der Waals surface area contributed by atoms with Gasteiger partial charge in [0.15, 0.2) is 11.6 Å². The second kappa shape index (κ2) is 6.96. The number of nitrogens with one attached hydrogen (secondary N) is 2. The number of likely N-dealkylation sites (N-methyl/N-ethyl adjacent to an activating group) is 1. The highest BCUT2D eigenvalue weighted by Crippen LogP contribution is 2.21. The van der Waals surface area contributed by atoms with E-state index >= 15 is 0 Å². The monoisotopic (exact) mass is 254 g/mol. The molecule has 0 bridgehead atoms. The first-order valence-electron chi connectivity index (χ1n) is 5.92. The summed E-state index contributed by atoms with van der Waals surface area (Å²) in [5.41, 5.74) is 0.707. The maximum atomic E-state index is 13.5. The van der Waals surface area contributed by atoms with Gasteiger partial charge in [0.2, 0.25) is 5.91 Å². The topological polar surface area (TPSA) is 50.4 Å². The molecule has 0 spiro atoms. The molecule has 0 saturated carbocycles. The normalized spacial score (nSPS) is 12.0. The van der Waals surface area contributed by atoms with Crippen molar-refractivity contribution >= 4 is 5.91 Å². The molecule has 1 rings (SSSR count). The van der Waals surface area contributed by atoms with E-state index in [9.17, 15) is 9.18 Å². The molecule has 0 heterocycles. The first-order valence-corrected chi connectivity index (χ1v) is 5.92. The van der Waals surface area contributed by atoms with Crippen LogP contribution in [0.5, 0.6) is 5.75 Å². The highest BCUT2D eigenvalue weighted by atomic mass is 19.1. The SMILES string of the molecule is CCNCC(=O)NC(C)c1ccc(OC)c(F)c1. The van der Waals surface area contributed by atoms with Crippen LogP contribution in [0.4, 0.5) is 4.39 Å². The molecule has 1 unspecified atom stereocenters. The third kappa shape index (κ3) is 4.00. The van der Waals surface area contributed by atoms with Crippen LogP contribution in [0, 0.1) is 5.82 Å². The van der Waals surface area contributed by atoms with Gasteiger partial charge in [0.1, 0.15) is 0 Å². The van der Waals surface area contributed by atoms with Crippen molar-refractivity contribution in [3.63, 3.8) is 0 Å². The predicted octanol–water partition coefficient (Wildman–Crippen LogP) is 1.62. The minimum absolute atomic E-state index is 0.111. The number of carbonyl (C=O) groups excluding carboxylic acids is 1. The van der Waals surface area contributed by atoms with Crippen molar-refractivity contribution in [3.05, 3.63) is 29.6 Å². The van der Waals surface area contributed by atoms with E-state index in [0.717, 1.165) is 6.54 Å². The van der Waals surface area contributed by atoms with Crippen molar-refractivity contribution in [2.75, 3.05) is 20.2 Å². The van der Waals surface area contributed by atoms with Crippen molar-refractivity contribution in [1.29, 1.82) is 0 Å². The molecular weight excluding hydrogens is 235 g/mol. The van der Waals surface area contributed by atoms with E-state index < -0.39 is 5.82 Å². The minimum atomic E-state index is -0.428. The molecule has 1 aromatic rings. The quantitative estimate of drug-likeness (QED) is 0.811. The van der Waals surface area contributed by atoms with Crippen LogP contribution >= 0.6 is 0 Å². The number of benzene rings is 1. The van der Waals surface area contributed by atoms with Gasteiger partial charge in [0.25, 0.3) is 0 Å². The highest BCUT2D eigenvalue weighted by molar-refractivity contribution is 5.78. The number of halogens is 1. The summed E-state index contributed by atoms with van der Waals surface area (Å²) in [6.07, 6.45) is 0. The molecule has 18 heavy (non-hydrogen) atoms. The molecule has 0 aliphatic heterocycles. The molecule has 0 aromatic heterocycles. The Labute approximate surface area is 107 Å². The number of hydrogen-bond acceptors (Lipinski definition) is 3. The van der Waals surface area contributed by atoms with E-state index in [2.05, 4.69) is 10.6 Å². The number of carbonyl (C=O) groups is 1. The van der Waals surface area contributed by atoms with E-state index in [-0.39, 0.29) is 24.2 Å². The summed E-state index contributed by atoms with van der Waals surface area (Å²) in [4.78, 5) is 11.5. The molecule has 4 nitrogen and oxygen atoms in total. The molecule has 100 valence electrons. The van der Waals surface area contributed by atoms with Gasteiger partial charge in [-0.25, -0.2) is 4.39 Å². The Hall–Kier alpha value is -1.62. The minimum Gasteiger partial charge on any atom is -0.494 e. The molecule has 5 heteroatoms. The Morgan fingerprint density at radius 3 is 2.78 bits per heavy atom. The maximum absolute atomic E-state index is 13.5. The summed E-state index contributed by atoms with van der Waals surface area (Å²) in [7, 11) is 1.42. The summed E-state index contributed by atoms with van der Waals surface area (Å²) in [5.74, 6) is -0.340. The zero-order valence-corrected chi connectivity index (χ0v) is 10.9. The van der Waals surface area contributed by atoms with Crippen LogP contribution in [0.15, 0.2) is 18.2 Å². The molecule has 0 saturated heterocycles. The summed E-state index contributed by atoms with van der Waals surface area (Å²) in [6.45, 7) is 4.74. The van der Waals surface area contributed by atoms with Gasteiger partial charge in [-0.1, -0.05) is 13.0 Å². The van der Waals surface area contributed by atoms with E-state index in [1.807, 2.05) is 13.8 Å². The highest BCUT2D eigenvalue weighted by Gasteiger charge is 2.11. The van der Waals surface area contributed by atoms with Crippen LogP contribution in [-0.2, 0) is 4.79 Å². The summed E-state index contributed by atoms with van der Waals surface area (Å²) in [5, 5.41) is 5.72. The van der Waals surface area contributed by atoms with Crippen LogP contribution in [0.25, 0.3) is 0 Å². The fourth-order valence-electron chi connectivity index (χ4n) is 1.57. The smallest absolute Gasteiger partial charge is 0.234 e. The molecule has 0 fully saturated rings. The molecule has 0 aliphatic carbocycles. The fourth-order valence-corrected chi connectivity index (χ4v) is 1.57. The summed E-state index contributed by atoms with van der Waals surface area (Å²) >= 11 is 0. The van der Waals surface area contributed by atoms with E-state index in [4.69, 9.17) is 4.74 Å². The van der Waals surface area contributed by atoms with Crippen molar-refractivity contribution in [3.8, 4) is 5.75 Å². The van der Waals surface area contributed by atoms with Gasteiger partial charge in [-0.2, -0.15) is 0 Å². The van der Waals surface area contributed by atoms with E-state index in [1.54, 1.807) is 12.1 Å². The number of hydrogen-bond donors (Lipinski definition) is 2. The van der Waals surface area contributed by atoms with E-state index in [0.29, 0.717) is 5.56 Å². The average molecular weight is 254 g/mol. The van der Waals surface area contributed by atoms with Gasteiger partial charge < -0.3 is 15.4 Å². The van der Waals surface area contributed by atoms with Crippen LogP contribution in [-0.4, -0.2) is 26.1 Å². The second-order valence-corrected chi connectivity index (χ2v) is 3.96. The van der Waals surface area contributed by atoms with Crippen molar-refractivity contribution in [1.82, 2.24) is 10.6 Å². The molecule has 0 radical (unpaired) electrons. The Kier molecular flexibility index (Phi) is 5.58. The van der Waals surface area contributed by atoms with Crippen LogP contribution in [0.1, 0.15) is 25.5 Å². The van der Waals surface area contributed by atoms with Crippen LogP contribution < -0.4 is 15.4 Å². The zero-order chi connectivity index (χ0) is 13.5. The van der Waals surface area contributed by atoms with Crippen molar-refractivity contribution < 1.29 is 13.9 Å². The van der Waals surface area contributed by atoms with Gasteiger partial charge in [0.05, 0.1) is 19.7 Å². The average Bonchev–Trinajstić information content (AvgIpc) is 2.36. The largest absolute Gasteiger partial charge is 0.494 e. The lowest BCUT2D eigenvalue weighted by molar-refractivity contribution is -0.120. The Morgan fingerprint density at radius 1 is 1.50 bits per heavy atom. The van der Waals surface area contributed by atoms with Gasteiger partial charge in [0, 0.05) is 0 Å². The Balaban J connectivity index is 2.63. The molecule has 1 aromatic carbocycles. The van der Waals surface area contributed by atoms with E-state index in [1.165, 1.54) is 13.2 Å². The lowest BCUT2D eigenvalue weighted by atomic mass is 10.1. The summed E-state index contributed by atoms with van der Waals surface area (Å²) < 4.78 is 18.3. The molecule has 0 aliphatic rings. The van der Waals surface area contributed by atoms with Gasteiger partial charge in [-0.05, 0) is 31.2 Å². The fraction of sp³-hybridized carbons (Fsp3) is 0.462. The molecular formula is C13H19FN2O2. The lowest BCUT2D eigenvalue weighted by Gasteiger charge is -2.15. The first kappa shape index (κ1) is 14.4. The molecule has 1 atom stereocenters. The standard InChI is InChI=1S/C13H19FN2O2/c1-4-15-8-13(17)16-9(2)10-5-6-12(18-3)11(14)7-10/h5-7,9,15H,4,8H2,1-3H3,(H,16,17).